The molecule has 0 bridgehead atoms. The van der Waals surface area contributed by atoms with Crippen LogP contribution in [0.1, 0.15) is 61.2 Å². The molecule has 1 saturated heterocycles. The molecule has 0 aliphatic carbocycles. The van der Waals surface area contributed by atoms with Crippen molar-refractivity contribution in [1.82, 2.24) is 20.2 Å². The van der Waals surface area contributed by atoms with Crippen molar-refractivity contribution in [3.05, 3.63) is 29.2 Å². The number of amides is 1. The van der Waals surface area contributed by atoms with Gasteiger partial charge in [0, 0.05) is 31.6 Å². The Balaban J connectivity index is 1.87. The first-order valence-electron chi connectivity index (χ1n) is 7.90. The van der Waals surface area contributed by atoms with E-state index in [4.69, 9.17) is 13.8 Å². The maximum absolute atomic E-state index is 12.9. The van der Waals surface area contributed by atoms with Gasteiger partial charge in [-0.25, -0.2) is 0 Å². The number of carbonyl (C=O) groups is 1. The number of aryl methyl sites for hydroxylation is 1. The summed E-state index contributed by atoms with van der Waals surface area (Å²) in [5.41, 5.74) is 0.0622. The Kier molecular flexibility index (Phi) is 4.16. The van der Waals surface area contributed by atoms with Crippen molar-refractivity contribution in [3.8, 4) is 0 Å². The fourth-order valence-corrected chi connectivity index (χ4v) is 2.75. The van der Waals surface area contributed by atoms with Crippen molar-refractivity contribution < 1.29 is 18.6 Å². The maximum Gasteiger partial charge on any atom is 0.276 e. The second kappa shape index (κ2) is 6.01. The molecule has 3 rings (SSSR count). The van der Waals surface area contributed by atoms with E-state index in [1.54, 1.807) is 25.0 Å². The Morgan fingerprint density at radius 2 is 2.08 bits per heavy atom. The van der Waals surface area contributed by atoms with Crippen LogP contribution in [-0.2, 0) is 10.2 Å². The smallest absolute Gasteiger partial charge is 0.276 e. The first-order valence-corrected chi connectivity index (χ1v) is 7.90. The fourth-order valence-electron chi connectivity index (χ4n) is 2.75. The second-order valence-corrected chi connectivity index (χ2v) is 7.07. The van der Waals surface area contributed by atoms with Crippen LogP contribution in [0.4, 0.5) is 0 Å². The number of nitrogens with zero attached hydrogens (tertiary/aromatic N) is 4. The van der Waals surface area contributed by atoms with Gasteiger partial charge < -0.3 is 18.7 Å². The van der Waals surface area contributed by atoms with Crippen LogP contribution < -0.4 is 0 Å². The Bertz CT molecular complexity index is 731. The number of methoxy groups -OCH3 is 1. The minimum atomic E-state index is -0.321. The van der Waals surface area contributed by atoms with Crippen LogP contribution in [0, 0.1) is 6.92 Å². The second-order valence-electron chi connectivity index (χ2n) is 7.07. The molecule has 3 heterocycles. The molecule has 2 atom stereocenters. The molecule has 0 unspecified atom stereocenters. The zero-order valence-corrected chi connectivity index (χ0v) is 14.6. The van der Waals surface area contributed by atoms with Gasteiger partial charge in [-0.15, -0.1) is 0 Å². The molecule has 2 aromatic rings. The van der Waals surface area contributed by atoms with Crippen LogP contribution >= 0.6 is 0 Å². The molecule has 1 aliphatic rings. The quantitative estimate of drug-likeness (QED) is 0.849. The monoisotopic (exact) mass is 334 g/mol. The van der Waals surface area contributed by atoms with Crippen molar-refractivity contribution in [3.63, 3.8) is 0 Å². The highest BCUT2D eigenvalue weighted by Crippen LogP contribution is 2.34. The summed E-state index contributed by atoms with van der Waals surface area (Å²) in [6.45, 7) is 8.20. The fraction of sp³-hybridized carbons (Fsp3) is 0.625. The largest absolute Gasteiger partial charge is 0.380 e. The molecule has 2 aromatic heterocycles. The van der Waals surface area contributed by atoms with Gasteiger partial charge in [-0.1, -0.05) is 31.1 Å². The molecule has 1 amide bonds. The average Bonchev–Trinajstić information content (AvgIpc) is 3.24. The summed E-state index contributed by atoms with van der Waals surface area (Å²) in [5.74, 6) is 1.39. The normalized spacial score (nSPS) is 21.5. The van der Waals surface area contributed by atoms with E-state index in [1.165, 1.54) is 0 Å². The lowest BCUT2D eigenvalue weighted by molar-refractivity contribution is 0.0660. The lowest BCUT2D eigenvalue weighted by Gasteiger charge is -2.20. The van der Waals surface area contributed by atoms with Gasteiger partial charge in [0.1, 0.15) is 11.8 Å². The minimum Gasteiger partial charge on any atom is -0.380 e. The lowest BCUT2D eigenvalue weighted by atomic mass is 9.93. The Hall–Kier alpha value is -2.22. The molecule has 24 heavy (non-hydrogen) atoms. The number of carbonyl (C=O) groups excluding carboxylic acids is 1. The van der Waals surface area contributed by atoms with Crippen LogP contribution in [0.25, 0.3) is 0 Å². The summed E-state index contributed by atoms with van der Waals surface area (Å²) >= 11 is 0. The zero-order chi connectivity index (χ0) is 17.5. The summed E-state index contributed by atoms with van der Waals surface area (Å²) in [6, 6.07) is 1.37. The first-order chi connectivity index (χ1) is 11.3. The lowest BCUT2D eigenvalue weighted by Crippen LogP contribution is -2.32. The molecule has 0 N–H and O–H groups in total. The summed E-state index contributed by atoms with van der Waals surface area (Å²) in [4.78, 5) is 18.8. The number of rotatable bonds is 3. The van der Waals surface area contributed by atoms with E-state index in [0.717, 1.165) is 0 Å². The molecule has 1 aliphatic heterocycles. The van der Waals surface area contributed by atoms with Gasteiger partial charge in [0.2, 0.25) is 5.89 Å². The van der Waals surface area contributed by atoms with Crippen LogP contribution in [0.3, 0.4) is 0 Å². The van der Waals surface area contributed by atoms with Crippen molar-refractivity contribution >= 4 is 5.91 Å². The highest BCUT2D eigenvalue weighted by Gasteiger charge is 2.41. The van der Waals surface area contributed by atoms with Gasteiger partial charge in [0.15, 0.2) is 11.5 Å². The van der Waals surface area contributed by atoms with E-state index in [2.05, 4.69) is 15.3 Å². The van der Waals surface area contributed by atoms with Crippen molar-refractivity contribution in [1.29, 1.82) is 0 Å². The van der Waals surface area contributed by atoms with Gasteiger partial charge in [-0.3, -0.25) is 4.79 Å². The van der Waals surface area contributed by atoms with Crippen molar-refractivity contribution in [2.75, 3.05) is 13.7 Å². The molecular weight excluding hydrogens is 312 g/mol. The highest BCUT2D eigenvalue weighted by atomic mass is 16.5. The van der Waals surface area contributed by atoms with Crippen molar-refractivity contribution in [2.24, 2.45) is 0 Å². The summed E-state index contributed by atoms with van der Waals surface area (Å²) in [7, 11) is 1.63. The Morgan fingerprint density at radius 1 is 1.33 bits per heavy atom. The molecule has 8 nitrogen and oxygen atoms in total. The molecule has 0 radical (unpaired) electrons. The predicted molar refractivity (Wildman–Crippen MR) is 83.4 cm³/mol. The summed E-state index contributed by atoms with van der Waals surface area (Å²) in [5, 5.41) is 7.75. The maximum atomic E-state index is 12.9. The van der Waals surface area contributed by atoms with E-state index in [0.29, 0.717) is 30.4 Å². The van der Waals surface area contributed by atoms with Crippen LogP contribution in [0.15, 0.2) is 15.1 Å². The van der Waals surface area contributed by atoms with Crippen LogP contribution in [0.2, 0.25) is 0 Å². The van der Waals surface area contributed by atoms with Crippen molar-refractivity contribution in [2.45, 2.75) is 51.7 Å². The highest BCUT2D eigenvalue weighted by molar-refractivity contribution is 5.92. The molecule has 130 valence electrons. The topological polar surface area (TPSA) is 94.5 Å². The minimum absolute atomic E-state index is 0.0832. The molecule has 0 aromatic carbocycles. The molecule has 1 fully saturated rings. The van der Waals surface area contributed by atoms with Crippen LogP contribution in [0.5, 0.6) is 0 Å². The third-order valence-electron chi connectivity index (χ3n) is 4.15. The van der Waals surface area contributed by atoms with Gasteiger partial charge >= 0.3 is 0 Å². The molecular formula is C16H22N4O4. The third-order valence-corrected chi connectivity index (χ3v) is 4.15. The van der Waals surface area contributed by atoms with E-state index in [-0.39, 0.29) is 29.2 Å². The van der Waals surface area contributed by atoms with Gasteiger partial charge in [-0.2, -0.15) is 4.98 Å². The zero-order valence-electron chi connectivity index (χ0n) is 14.6. The van der Waals surface area contributed by atoms with E-state index >= 15 is 0 Å². The molecule has 8 heteroatoms. The number of hydrogen-bond donors (Lipinski definition) is 0. The summed E-state index contributed by atoms with van der Waals surface area (Å²) < 4.78 is 16.0. The average molecular weight is 334 g/mol. The van der Waals surface area contributed by atoms with E-state index in [1.807, 2.05) is 20.8 Å². The molecule has 0 saturated carbocycles. The number of aromatic nitrogens is 3. The third kappa shape index (κ3) is 3.06. The standard InChI is InChI=1S/C16H22N4O4/c1-9-17-14(24-18-9)12-6-10(22-5)8-20(12)15(21)11-7-13(23-19-11)16(2,3)4/h7,10,12H,6,8H2,1-5H3/t10-,12+/m0/s1. The Morgan fingerprint density at radius 3 is 2.62 bits per heavy atom. The summed E-state index contributed by atoms with van der Waals surface area (Å²) in [6.07, 6.45) is 0.522. The number of ether oxygens (including phenoxy) is 1. The SMILES string of the molecule is CO[C@H]1C[C@H](c2nc(C)no2)N(C(=O)c2cc(C(C)(C)C)on2)C1. The molecule has 0 spiro atoms. The van der Waals surface area contributed by atoms with Crippen LogP contribution in [-0.4, -0.2) is 45.9 Å². The van der Waals surface area contributed by atoms with Gasteiger partial charge in [-0.05, 0) is 6.92 Å². The number of hydrogen-bond acceptors (Lipinski definition) is 7. The van der Waals surface area contributed by atoms with E-state index in [9.17, 15) is 4.79 Å². The van der Waals surface area contributed by atoms with Gasteiger partial charge in [0.05, 0.1) is 6.10 Å². The predicted octanol–water partition coefficient (Wildman–Crippen LogP) is 2.27. The van der Waals surface area contributed by atoms with E-state index < -0.39 is 0 Å². The number of likely N-dealkylation sites (tertiary alicyclic amines) is 1. The Labute approximate surface area is 140 Å². The first kappa shape index (κ1) is 16.6. The van der Waals surface area contributed by atoms with Gasteiger partial charge in [0.25, 0.3) is 5.91 Å².